The van der Waals surface area contributed by atoms with E-state index in [9.17, 15) is 0 Å². The first-order chi connectivity index (χ1) is 8.78. The number of benzene rings is 2. The van der Waals surface area contributed by atoms with Crippen LogP contribution in [0.3, 0.4) is 0 Å². The van der Waals surface area contributed by atoms with Gasteiger partial charge in [0.25, 0.3) is 0 Å². The third-order valence-corrected chi connectivity index (χ3v) is 2.57. The number of nitriles is 1. The average molecular weight is 238 g/mol. The molecule has 0 saturated heterocycles. The number of rotatable bonds is 4. The molecule has 0 atom stereocenters. The quantitative estimate of drug-likeness (QED) is 0.833. The maximum absolute atomic E-state index is 8.79. The third-order valence-electron chi connectivity index (χ3n) is 2.57. The van der Waals surface area contributed by atoms with Crippen molar-refractivity contribution in [3.63, 3.8) is 0 Å². The average Bonchev–Trinajstić information content (AvgIpc) is 2.41. The van der Waals surface area contributed by atoms with Crippen molar-refractivity contribution in [3.05, 3.63) is 65.2 Å². The van der Waals surface area contributed by atoms with Gasteiger partial charge in [-0.2, -0.15) is 5.26 Å². The van der Waals surface area contributed by atoms with Crippen molar-refractivity contribution in [2.75, 3.05) is 5.73 Å². The van der Waals surface area contributed by atoms with Crippen molar-refractivity contribution in [2.45, 2.75) is 13.2 Å². The second kappa shape index (κ2) is 5.85. The van der Waals surface area contributed by atoms with Gasteiger partial charge in [-0.25, -0.2) is 0 Å². The fourth-order valence-electron chi connectivity index (χ4n) is 1.63. The molecule has 0 aliphatic heterocycles. The standard InChI is InChI=1S/C15H14N2O/c16-9-13-2-1-3-14(8-13)11-18-10-12-4-6-15(17)7-5-12/h1-8H,10-11,17H2. The molecule has 0 unspecified atom stereocenters. The predicted molar refractivity (Wildman–Crippen MR) is 70.5 cm³/mol. The summed E-state index contributed by atoms with van der Waals surface area (Å²) in [6.07, 6.45) is 0. The van der Waals surface area contributed by atoms with E-state index in [4.69, 9.17) is 15.7 Å². The van der Waals surface area contributed by atoms with Crippen LogP contribution in [-0.4, -0.2) is 0 Å². The summed E-state index contributed by atoms with van der Waals surface area (Å²) in [5, 5.41) is 8.79. The molecule has 2 rings (SSSR count). The second-order valence-corrected chi connectivity index (χ2v) is 4.05. The zero-order valence-electron chi connectivity index (χ0n) is 9.97. The lowest BCUT2D eigenvalue weighted by atomic mass is 10.1. The highest BCUT2D eigenvalue weighted by Crippen LogP contribution is 2.09. The topological polar surface area (TPSA) is 59.0 Å². The van der Waals surface area contributed by atoms with Crippen LogP contribution in [0.15, 0.2) is 48.5 Å². The third kappa shape index (κ3) is 3.34. The zero-order valence-corrected chi connectivity index (χ0v) is 9.97. The Bertz CT molecular complexity index is 555. The van der Waals surface area contributed by atoms with Gasteiger partial charge in [-0.15, -0.1) is 0 Å². The van der Waals surface area contributed by atoms with Gasteiger partial charge >= 0.3 is 0 Å². The summed E-state index contributed by atoms with van der Waals surface area (Å²) in [6, 6.07) is 17.1. The first-order valence-electron chi connectivity index (χ1n) is 5.69. The van der Waals surface area contributed by atoms with Crippen molar-refractivity contribution < 1.29 is 4.74 Å². The monoisotopic (exact) mass is 238 g/mol. The van der Waals surface area contributed by atoms with Gasteiger partial charge in [0, 0.05) is 5.69 Å². The molecule has 2 N–H and O–H groups in total. The summed E-state index contributed by atoms with van der Waals surface area (Å²) in [5.74, 6) is 0. The minimum Gasteiger partial charge on any atom is -0.399 e. The number of anilines is 1. The molecule has 0 amide bonds. The number of hydrogen-bond donors (Lipinski definition) is 1. The lowest BCUT2D eigenvalue weighted by molar-refractivity contribution is 0.107. The molecular weight excluding hydrogens is 224 g/mol. The lowest BCUT2D eigenvalue weighted by Crippen LogP contribution is -1.95. The lowest BCUT2D eigenvalue weighted by Gasteiger charge is -2.05. The fraction of sp³-hybridized carbons (Fsp3) is 0.133. The highest BCUT2D eigenvalue weighted by Gasteiger charge is 1.97. The zero-order chi connectivity index (χ0) is 12.8. The van der Waals surface area contributed by atoms with E-state index in [1.165, 1.54) is 0 Å². The van der Waals surface area contributed by atoms with Gasteiger partial charge in [0.05, 0.1) is 24.8 Å². The molecule has 2 aromatic rings. The Balaban J connectivity index is 1.88. The maximum Gasteiger partial charge on any atom is 0.0991 e. The Morgan fingerprint density at radius 1 is 1.00 bits per heavy atom. The van der Waals surface area contributed by atoms with E-state index in [1.54, 1.807) is 6.07 Å². The predicted octanol–water partition coefficient (Wildman–Crippen LogP) is 2.86. The molecule has 0 fully saturated rings. The number of nitrogens with zero attached hydrogens (tertiary/aromatic N) is 1. The van der Waals surface area contributed by atoms with E-state index >= 15 is 0 Å². The molecule has 0 bridgehead atoms. The van der Waals surface area contributed by atoms with Crippen LogP contribution in [0.5, 0.6) is 0 Å². The summed E-state index contributed by atoms with van der Waals surface area (Å²) in [7, 11) is 0. The first-order valence-corrected chi connectivity index (χ1v) is 5.69. The minimum absolute atomic E-state index is 0.500. The van der Waals surface area contributed by atoms with Crippen LogP contribution in [0.4, 0.5) is 5.69 Å². The van der Waals surface area contributed by atoms with Gasteiger partial charge in [0.2, 0.25) is 0 Å². The Hall–Kier alpha value is -2.31. The summed E-state index contributed by atoms with van der Waals surface area (Å²) in [4.78, 5) is 0. The molecule has 0 saturated carbocycles. The van der Waals surface area contributed by atoms with E-state index in [0.29, 0.717) is 18.8 Å². The van der Waals surface area contributed by atoms with E-state index in [1.807, 2.05) is 42.5 Å². The molecule has 0 spiro atoms. The largest absolute Gasteiger partial charge is 0.399 e. The van der Waals surface area contributed by atoms with Crippen LogP contribution < -0.4 is 5.73 Å². The summed E-state index contributed by atoms with van der Waals surface area (Å²) in [6.45, 7) is 1.04. The maximum atomic E-state index is 8.79. The number of nitrogens with two attached hydrogens (primary N) is 1. The number of hydrogen-bond acceptors (Lipinski definition) is 3. The van der Waals surface area contributed by atoms with Crippen LogP contribution in [0.1, 0.15) is 16.7 Å². The van der Waals surface area contributed by atoms with E-state index < -0.39 is 0 Å². The smallest absolute Gasteiger partial charge is 0.0991 e. The minimum atomic E-state index is 0.500. The van der Waals surface area contributed by atoms with Crippen molar-refractivity contribution in [3.8, 4) is 6.07 Å². The Labute approximate surface area is 106 Å². The van der Waals surface area contributed by atoms with Crippen LogP contribution in [0.2, 0.25) is 0 Å². The molecule has 0 aliphatic carbocycles. The molecule has 90 valence electrons. The molecule has 0 radical (unpaired) electrons. The van der Waals surface area contributed by atoms with Crippen molar-refractivity contribution in [1.29, 1.82) is 5.26 Å². The van der Waals surface area contributed by atoms with Gasteiger partial charge in [0.15, 0.2) is 0 Å². The Morgan fingerprint density at radius 2 is 1.72 bits per heavy atom. The van der Waals surface area contributed by atoms with Crippen LogP contribution in [0, 0.1) is 11.3 Å². The first kappa shape index (κ1) is 12.2. The number of nitrogen functional groups attached to an aromatic ring is 1. The summed E-state index contributed by atoms with van der Waals surface area (Å²) >= 11 is 0. The molecule has 2 aromatic carbocycles. The summed E-state index contributed by atoms with van der Waals surface area (Å²) in [5.41, 5.74) is 9.10. The second-order valence-electron chi connectivity index (χ2n) is 4.05. The van der Waals surface area contributed by atoms with Crippen molar-refractivity contribution in [2.24, 2.45) is 0 Å². The highest BCUT2D eigenvalue weighted by atomic mass is 16.5. The fourth-order valence-corrected chi connectivity index (χ4v) is 1.63. The number of ether oxygens (including phenoxy) is 1. The Morgan fingerprint density at radius 3 is 2.44 bits per heavy atom. The molecule has 0 aromatic heterocycles. The normalized spacial score (nSPS) is 9.94. The molecule has 3 heteroatoms. The Kier molecular flexibility index (Phi) is 3.95. The van der Waals surface area contributed by atoms with Gasteiger partial charge in [-0.1, -0.05) is 24.3 Å². The molecule has 0 aliphatic rings. The van der Waals surface area contributed by atoms with Gasteiger partial charge in [-0.05, 0) is 35.4 Å². The van der Waals surface area contributed by atoms with E-state index in [0.717, 1.165) is 16.8 Å². The van der Waals surface area contributed by atoms with Gasteiger partial charge in [-0.3, -0.25) is 0 Å². The molecular formula is C15H14N2O. The highest BCUT2D eigenvalue weighted by molar-refractivity contribution is 5.39. The van der Waals surface area contributed by atoms with Crippen LogP contribution in [0.25, 0.3) is 0 Å². The van der Waals surface area contributed by atoms with Crippen molar-refractivity contribution >= 4 is 5.69 Å². The molecule has 0 heterocycles. The van der Waals surface area contributed by atoms with Crippen LogP contribution in [-0.2, 0) is 18.0 Å². The SMILES string of the molecule is N#Cc1cccc(COCc2ccc(N)cc2)c1. The molecule has 3 nitrogen and oxygen atoms in total. The molecule has 18 heavy (non-hydrogen) atoms. The van der Waals surface area contributed by atoms with Crippen molar-refractivity contribution in [1.82, 2.24) is 0 Å². The van der Waals surface area contributed by atoms with Gasteiger partial charge in [0.1, 0.15) is 0 Å². The van der Waals surface area contributed by atoms with Crippen LogP contribution >= 0.6 is 0 Å². The van der Waals surface area contributed by atoms with E-state index in [2.05, 4.69) is 6.07 Å². The van der Waals surface area contributed by atoms with E-state index in [-0.39, 0.29) is 0 Å². The van der Waals surface area contributed by atoms with Gasteiger partial charge < -0.3 is 10.5 Å². The summed E-state index contributed by atoms with van der Waals surface area (Å²) < 4.78 is 5.59.